The molecule has 0 aliphatic rings. The van der Waals surface area contributed by atoms with Gasteiger partial charge in [0, 0.05) is 23.1 Å². The van der Waals surface area contributed by atoms with Gasteiger partial charge in [0.05, 0.1) is 17.1 Å². The number of nitrogens with one attached hydrogen (secondary N) is 3. The maximum atomic E-state index is 13.0. The minimum atomic E-state index is -3.69. The van der Waals surface area contributed by atoms with E-state index in [0.29, 0.717) is 30.0 Å². The molecule has 1 amide bonds. The molecule has 0 heterocycles. The van der Waals surface area contributed by atoms with Crippen molar-refractivity contribution in [1.82, 2.24) is 10.0 Å². The Morgan fingerprint density at radius 2 is 1.49 bits per heavy atom. The van der Waals surface area contributed by atoms with Gasteiger partial charge in [0.1, 0.15) is 5.75 Å². The van der Waals surface area contributed by atoms with Crippen molar-refractivity contribution in [2.24, 2.45) is 0 Å². The van der Waals surface area contributed by atoms with Crippen molar-refractivity contribution in [2.45, 2.75) is 17.9 Å². The molecule has 200 valence electrons. The minimum Gasteiger partial charge on any atom is -0.492 e. The lowest BCUT2D eigenvalue weighted by Gasteiger charge is -2.14. The minimum absolute atomic E-state index is 0.0630. The van der Waals surface area contributed by atoms with Crippen LogP contribution in [0, 0.1) is 0 Å². The van der Waals surface area contributed by atoms with E-state index in [1.807, 2.05) is 60.7 Å². The Morgan fingerprint density at radius 3 is 2.15 bits per heavy atom. The summed E-state index contributed by atoms with van der Waals surface area (Å²) in [5, 5.41) is 5.63. The van der Waals surface area contributed by atoms with Crippen LogP contribution in [0.5, 0.6) is 5.75 Å². The molecule has 3 N–H and O–H groups in total. The second-order valence-corrected chi connectivity index (χ2v) is 11.6. The lowest BCUT2D eigenvalue weighted by molar-refractivity contribution is 0.0973. The van der Waals surface area contributed by atoms with Gasteiger partial charge in [-0.1, -0.05) is 76.6 Å². The predicted octanol–water partition coefficient (Wildman–Crippen LogP) is 5.68. The zero-order valence-electron chi connectivity index (χ0n) is 20.8. The molecule has 0 saturated carbocycles. The van der Waals surface area contributed by atoms with E-state index >= 15 is 0 Å². The lowest BCUT2D eigenvalue weighted by Crippen LogP contribution is -2.34. The second kappa shape index (κ2) is 13.5. The highest BCUT2D eigenvalue weighted by molar-refractivity contribution is 9.10. The first-order valence-electron chi connectivity index (χ1n) is 12.0. The van der Waals surface area contributed by atoms with Crippen LogP contribution in [0.25, 0.3) is 0 Å². The van der Waals surface area contributed by atoms with Crippen LogP contribution >= 0.6 is 28.1 Å². The molecule has 0 aromatic heterocycles. The zero-order chi connectivity index (χ0) is 27.7. The number of rotatable bonds is 10. The van der Waals surface area contributed by atoms with E-state index < -0.39 is 15.9 Å². The highest BCUT2D eigenvalue weighted by atomic mass is 79.9. The number of thiocarbonyl (C=S) groups is 1. The number of halogens is 1. The molecule has 39 heavy (non-hydrogen) atoms. The van der Waals surface area contributed by atoms with Gasteiger partial charge in [-0.2, -0.15) is 0 Å². The van der Waals surface area contributed by atoms with Gasteiger partial charge < -0.3 is 10.1 Å². The second-order valence-electron chi connectivity index (χ2n) is 8.47. The summed E-state index contributed by atoms with van der Waals surface area (Å²) >= 11 is 8.71. The van der Waals surface area contributed by atoms with Gasteiger partial charge in [0.2, 0.25) is 10.0 Å². The van der Waals surface area contributed by atoms with Gasteiger partial charge in [0.15, 0.2) is 5.11 Å². The Hall–Kier alpha value is -3.57. The predicted molar refractivity (Wildman–Crippen MR) is 160 cm³/mol. The Labute approximate surface area is 241 Å². The van der Waals surface area contributed by atoms with Crippen LogP contribution in [0.4, 0.5) is 5.69 Å². The van der Waals surface area contributed by atoms with E-state index in [-0.39, 0.29) is 16.6 Å². The van der Waals surface area contributed by atoms with Gasteiger partial charge in [-0.15, -0.1) is 0 Å². The Kier molecular flexibility index (Phi) is 9.83. The molecule has 10 heteroatoms. The van der Waals surface area contributed by atoms with Crippen molar-refractivity contribution in [2.75, 3.05) is 11.9 Å². The normalized spacial score (nSPS) is 11.0. The van der Waals surface area contributed by atoms with E-state index in [2.05, 4.69) is 31.3 Å². The molecule has 0 atom stereocenters. The molecule has 0 unspecified atom stereocenters. The average molecular weight is 625 g/mol. The third-order valence-electron chi connectivity index (χ3n) is 5.64. The molecule has 4 aromatic rings. The molecular formula is C29H26BrN3O4S2. The molecule has 0 radical (unpaired) electrons. The number of hydrogen-bond acceptors (Lipinski definition) is 5. The molecule has 0 aliphatic heterocycles. The van der Waals surface area contributed by atoms with Crippen LogP contribution < -0.4 is 20.1 Å². The Morgan fingerprint density at radius 1 is 0.846 bits per heavy atom. The van der Waals surface area contributed by atoms with Gasteiger partial charge in [0.25, 0.3) is 5.91 Å². The summed E-state index contributed by atoms with van der Waals surface area (Å²) in [6.07, 6.45) is 0.700. The summed E-state index contributed by atoms with van der Waals surface area (Å²) in [6, 6.07) is 30.5. The van der Waals surface area contributed by atoms with Gasteiger partial charge in [-0.05, 0) is 65.8 Å². The van der Waals surface area contributed by atoms with Gasteiger partial charge in [-0.25, -0.2) is 13.1 Å². The number of sulfonamides is 1. The van der Waals surface area contributed by atoms with Crippen molar-refractivity contribution in [3.8, 4) is 5.75 Å². The number of amides is 1. The van der Waals surface area contributed by atoms with Gasteiger partial charge >= 0.3 is 0 Å². The van der Waals surface area contributed by atoms with Gasteiger partial charge in [-0.3, -0.25) is 10.1 Å². The number of carbonyl (C=O) groups excluding carboxylic acids is 1. The fraction of sp³-hybridized carbons (Fsp3) is 0.103. The first kappa shape index (κ1) is 28.4. The van der Waals surface area contributed by atoms with E-state index in [4.69, 9.17) is 17.0 Å². The van der Waals surface area contributed by atoms with Crippen LogP contribution in [0.3, 0.4) is 0 Å². The fourth-order valence-electron chi connectivity index (χ4n) is 3.64. The standard InChI is InChI=1S/C29H26BrN3O4S2/c30-23-11-16-27(37-18-17-21-7-3-1-4-8-21)26(19-23)28(34)33-29(38)32-24-12-14-25(15-13-24)39(35,36)31-20-22-9-5-2-6-10-22/h1-16,19,31H,17-18,20H2,(H2,32,33,34,38). The molecule has 0 aliphatic carbocycles. The highest BCUT2D eigenvalue weighted by Gasteiger charge is 2.16. The Bertz CT molecular complexity index is 1530. The summed E-state index contributed by atoms with van der Waals surface area (Å²) in [5.74, 6) is -0.000172. The zero-order valence-corrected chi connectivity index (χ0v) is 24.0. The molecule has 7 nitrogen and oxygen atoms in total. The van der Waals surface area contributed by atoms with Crippen LogP contribution in [-0.4, -0.2) is 26.0 Å². The topological polar surface area (TPSA) is 96.5 Å². The molecule has 0 saturated heterocycles. The number of carbonyl (C=O) groups is 1. The summed E-state index contributed by atoms with van der Waals surface area (Å²) in [7, 11) is -3.69. The summed E-state index contributed by atoms with van der Waals surface area (Å²) in [6.45, 7) is 0.594. The van der Waals surface area contributed by atoms with Crippen molar-refractivity contribution >= 4 is 54.9 Å². The smallest absolute Gasteiger partial charge is 0.261 e. The van der Waals surface area contributed by atoms with Crippen LogP contribution in [0.1, 0.15) is 21.5 Å². The Balaban J connectivity index is 1.33. The van der Waals surface area contributed by atoms with Crippen LogP contribution in [-0.2, 0) is 23.0 Å². The molecule has 0 spiro atoms. The van der Waals surface area contributed by atoms with E-state index in [1.165, 1.54) is 12.1 Å². The maximum Gasteiger partial charge on any atom is 0.261 e. The fourth-order valence-corrected chi connectivity index (χ4v) is 5.23. The SMILES string of the molecule is O=C(NC(=S)Nc1ccc(S(=O)(=O)NCc2ccccc2)cc1)c1cc(Br)ccc1OCCc1ccccc1. The number of hydrogen-bond donors (Lipinski definition) is 3. The summed E-state index contributed by atoms with van der Waals surface area (Å²) < 4.78 is 34.5. The molecule has 0 fully saturated rings. The maximum absolute atomic E-state index is 13.0. The number of benzene rings is 4. The van der Waals surface area contributed by atoms with E-state index in [0.717, 1.165) is 15.6 Å². The largest absolute Gasteiger partial charge is 0.492 e. The number of ether oxygens (including phenoxy) is 1. The first-order valence-corrected chi connectivity index (χ1v) is 14.7. The molecule has 4 aromatic carbocycles. The monoisotopic (exact) mass is 623 g/mol. The lowest BCUT2D eigenvalue weighted by atomic mass is 10.1. The molecule has 0 bridgehead atoms. The summed E-state index contributed by atoms with van der Waals surface area (Å²) in [5.41, 5.74) is 2.84. The van der Waals surface area contributed by atoms with Crippen molar-refractivity contribution in [3.05, 3.63) is 124 Å². The quantitative estimate of drug-likeness (QED) is 0.197. The summed E-state index contributed by atoms with van der Waals surface area (Å²) in [4.78, 5) is 13.1. The third kappa shape index (κ3) is 8.46. The molecular weight excluding hydrogens is 598 g/mol. The molecule has 4 rings (SSSR count). The van der Waals surface area contributed by atoms with E-state index in [9.17, 15) is 13.2 Å². The van der Waals surface area contributed by atoms with E-state index in [1.54, 1.807) is 30.3 Å². The average Bonchev–Trinajstić information content (AvgIpc) is 2.94. The van der Waals surface area contributed by atoms with Crippen molar-refractivity contribution in [1.29, 1.82) is 0 Å². The number of anilines is 1. The third-order valence-corrected chi connectivity index (χ3v) is 7.75. The van der Waals surface area contributed by atoms with Crippen molar-refractivity contribution in [3.63, 3.8) is 0 Å². The highest BCUT2D eigenvalue weighted by Crippen LogP contribution is 2.24. The first-order chi connectivity index (χ1) is 18.8. The van der Waals surface area contributed by atoms with Crippen LogP contribution in [0.15, 0.2) is 112 Å². The van der Waals surface area contributed by atoms with Crippen LogP contribution in [0.2, 0.25) is 0 Å². The van der Waals surface area contributed by atoms with Crippen molar-refractivity contribution < 1.29 is 17.9 Å².